The fourth-order valence-electron chi connectivity index (χ4n) is 3.41. The summed E-state index contributed by atoms with van der Waals surface area (Å²) in [6, 6.07) is 5.10. The third-order valence-electron chi connectivity index (χ3n) is 4.82. The van der Waals surface area contributed by atoms with Gasteiger partial charge in [-0.15, -0.1) is 0 Å². The molecule has 4 atom stereocenters. The van der Waals surface area contributed by atoms with Crippen molar-refractivity contribution in [2.45, 2.75) is 31.7 Å². The molecule has 1 aromatic carbocycles. The first-order chi connectivity index (χ1) is 10.4. The van der Waals surface area contributed by atoms with Gasteiger partial charge in [-0.1, -0.05) is 29.3 Å². The summed E-state index contributed by atoms with van der Waals surface area (Å²) < 4.78 is 0. The fourth-order valence-corrected chi connectivity index (χ4v) is 3.96. The molecule has 2 fully saturated rings. The van der Waals surface area contributed by atoms with Crippen LogP contribution in [0.3, 0.4) is 0 Å². The molecule has 4 unspecified atom stereocenters. The molecule has 1 aliphatic heterocycles. The van der Waals surface area contributed by atoms with Crippen LogP contribution in [0.5, 0.6) is 0 Å². The Morgan fingerprint density at radius 3 is 2.59 bits per heavy atom. The van der Waals surface area contributed by atoms with Crippen molar-refractivity contribution < 1.29 is 14.7 Å². The zero-order valence-corrected chi connectivity index (χ0v) is 13.6. The van der Waals surface area contributed by atoms with Crippen LogP contribution in [0, 0.1) is 11.8 Å². The first kappa shape index (κ1) is 15.6. The van der Waals surface area contributed by atoms with E-state index in [0.29, 0.717) is 23.0 Å². The van der Waals surface area contributed by atoms with E-state index in [9.17, 15) is 9.59 Å². The number of carbonyl (C=O) groups excluding carboxylic acids is 1. The van der Waals surface area contributed by atoms with Gasteiger partial charge in [0.2, 0.25) is 5.91 Å². The third kappa shape index (κ3) is 2.70. The van der Waals surface area contributed by atoms with Gasteiger partial charge in [0.15, 0.2) is 0 Å². The Balaban J connectivity index is 1.70. The van der Waals surface area contributed by atoms with Crippen LogP contribution in [0.15, 0.2) is 18.2 Å². The molecule has 1 heterocycles. The second-order valence-corrected chi connectivity index (χ2v) is 6.96. The van der Waals surface area contributed by atoms with Crippen LogP contribution < -0.4 is 0 Å². The maximum Gasteiger partial charge on any atom is 0.308 e. The molecular weight excluding hydrogens is 325 g/mol. The number of likely N-dealkylation sites (tertiary alicyclic amines) is 1. The molecule has 1 amide bonds. The minimum absolute atomic E-state index is 0.0484. The van der Waals surface area contributed by atoms with E-state index in [1.165, 1.54) is 0 Å². The molecule has 6 heteroatoms. The first-order valence-corrected chi connectivity index (χ1v) is 8.14. The molecule has 0 radical (unpaired) electrons. The van der Waals surface area contributed by atoms with Crippen molar-refractivity contribution in [1.29, 1.82) is 0 Å². The number of carbonyl (C=O) groups is 2. The lowest BCUT2D eigenvalue weighted by molar-refractivity contribution is -0.143. The minimum Gasteiger partial charge on any atom is -0.481 e. The molecule has 0 bridgehead atoms. The van der Waals surface area contributed by atoms with Gasteiger partial charge in [-0.2, -0.15) is 0 Å². The molecule has 1 saturated heterocycles. The number of hydrogen-bond donors (Lipinski definition) is 1. The summed E-state index contributed by atoms with van der Waals surface area (Å²) in [5, 5.41) is 10.3. The smallest absolute Gasteiger partial charge is 0.308 e. The van der Waals surface area contributed by atoms with Gasteiger partial charge in [-0.3, -0.25) is 9.59 Å². The highest BCUT2D eigenvalue weighted by Crippen LogP contribution is 2.51. The summed E-state index contributed by atoms with van der Waals surface area (Å²) in [5.41, 5.74) is 0.950. The highest BCUT2D eigenvalue weighted by molar-refractivity contribution is 6.35. The number of carboxylic acid groups (broad SMARTS) is 1. The van der Waals surface area contributed by atoms with Gasteiger partial charge in [0.1, 0.15) is 0 Å². The van der Waals surface area contributed by atoms with Crippen molar-refractivity contribution in [3.63, 3.8) is 0 Å². The molecule has 1 aliphatic carbocycles. The SMILES string of the molecule is CC1C(C(=O)O)CCN1C(=O)C1CC1c1ccc(Cl)cc1Cl. The van der Waals surface area contributed by atoms with Crippen molar-refractivity contribution in [3.05, 3.63) is 33.8 Å². The second-order valence-electron chi connectivity index (χ2n) is 6.12. The Hall–Kier alpha value is -1.26. The standard InChI is InChI=1S/C16H17Cl2NO3/c1-8-10(16(21)22)4-5-19(8)15(20)13-7-12(13)11-3-2-9(17)6-14(11)18/h2-3,6,8,10,12-13H,4-5,7H2,1H3,(H,21,22). The van der Waals surface area contributed by atoms with Crippen LogP contribution >= 0.6 is 23.2 Å². The molecule has 1 aromatic rings. The Bertz CT molecular complexity index is 634. The number of halogens is 2. The van der Waals surface area contributed by atoms with E-state index in [2.05, 4.69) is 0 Å². The highest BCUT2D eigenvalue weighted by atomic mass is 35.5. The summed E-state index contributed by atoms with van der Waals surface area (Å²) >= 11 is 12.1. The predicted molar refractivity (Wildman–Crippen MR) is 84.2 cm³/mol. The van der Waals surface area contributed by atoms with Crippen molar-refractivity contribution >= 4 is 35.1 Å². The zero-order chi connectivity index (χ0) is 16.0. The summed E-state index contributed by atoms with van der Waals surface area (Å²) in [5.74, 6) is -1.20. The average Bonchev–Trinajstić information content (AvgIpc) is 3.13. The minimum atomic E-state index is -0.823. The summed E-state index contributed by atoms with van der Waals surface area (Å²) in [7, 11) is 0. The van der Waals surface area contributed by atoms with Crippen LogP contribution in [-0.2, 0) is 9.59 Å². The van der Waals surface area contributed by atoms with Crippen LogP contribution in [0.1, 0.15) is 31.2 Å². The molecule has 118 valence electrons. The second kappa shape index (κ2) is 5.74. The van der Waals surface area contributed by atoms with Gasteiger partial charge in [-0.25, -0.2) is 0 Å². The quantitative estimate of drug-likeness (QED) is 0.916. The number of carboxylic acids is 1. The number of hydrogen-bond acceptors (Lipinski definition) is 2. The van der Waals surface area contributed by atoms with Crippen LogP contribution in [0.25, 0.3) is 0 Å². The number of amides is 1. The molecule has 1 saturated carbocycles. The van der Waals surface area contributed by atoms with Gasteiger partial charge < -0.3 is 10.0 Å². The normalized spacial score (nSPS) is 30.4. The first-order valence-electron chi connectivity index (χ1n) is 7.38. The largest absolute Gasteiger partial charge is 0.481 e. The molecular formula is C16H17Cl2NO3. The lowest BCUT2D eigenvalue weighted by atomic mass is 10.0. The number of aliphatic carboxylic acids is 1. The average molecular weight is 342 g/mol. The topological polar surface area (TPSA) is 57.6 Å². The summed E-state index contributed by atoms with van der Waals surface area (Å²) in [6.45, 7) is 2.34. The van der Waals surface area contributed by atoms with Crippen molar-refractivity contribution in [1.82, 2.24) is 4.90 Å². The van der Waals surface area contributed by atoms with E-state index in [1.54, 1.807) is 17.0 Å². The third-order valence-corrected chi connectivity index (χ3v) is 5.39. The maximum absolute atomic E-state index is 12.6. The Morgan fingerprint density at radius 1 is 1.27 bits per heavy atom. The zero-order valence-electron chi connectivity index (χ0n) is 12.1. The van der Waals surface area contributed by atoms with Gasteiger partial charge in [-0.05, 0) is 43.4 Å². The highest BCUT2D eigenvalue weighted by Gasteiger charge is 2.49. The van der Waals surface area contributed by atoms with Gasteiger partial charge in [0, 0.05) is 28.5 Å². The summed E-state index contributed by atoms with van der Waals surface area (Å²) in [4.78, 5) is 25.5. The Kier molecular flexibility index (Phi) is 4.08. The van der Waals surface area contributed by atoms with E-state index in [4.69, 9.17) is 28.3 Å². The summed E-state index contributed by atoms with van der Waals surface area (Å²) in [6.07, 6.45) is 1.29. The van der Waals surface area contributed by atoms with Crippen LogP contribution in [0.2, 0.25) is 10.0 Å². The number of nitrogens with zero attached hydrogens (tertiary/aromatic N) is 1. The number of rotatable bonds is 3. The molecule has 1 N–H and O–H groups in total. The predicted octanol–water partition coefficient (Wildman–Crippen LogP) is 3.42. The van der Waals surface area contributed by atoms with Crippen LogP contribution in [0.4, 0.5) is 0 Å². The van der Waals surface area contributed by atoms with Gasteiger partial charge in [0.05, 0.1) is 5.92 Å². The van der Waals surface area contributed by atoms with Gasteiger partial charge >= 0.3 is 5.97 Å². The fraction of sp³-hybridized carbons (Fsp3) is 0.500. The van der Waals surface area contributed by atoms with E-state index in [1.807, 2.05) is 13.0 Å². The van der Waals surface area contributed by atoms with Crippen LogP contribution in [-0.4, -0.2) is 34.5 Å². The Labute approximate surface area is 139 Å². The molecule has 4 nitrogen and oxygen atoms in total. The van der Waals surface area contributed by atoms with E-state index >= 15 is 0 Å². The van der Waals surface area contributed by atoms with Gasteiger partial charge in [0.25, 0.3) is 0 Å². The number of benzene rings is 1. The van der Waals surface area contributed by atoms with E-state index in [0.717, 1.165) is 12.0 Å². The Morgan fingerprint density at radius 2 is 2.00 bits per heavy atom. The van der Waals surface area contributed by atoms with Crippen molar-refractivity contribution in [2.75, 3.05) is 6.54 Å². The van der Waals surface area contributed by atoms with Crippen molar-refractivity contribution in [2.24, 2.45) is 11.8 Å². The monoisotopic (exact) mass is 341 g/mol. The molecule has 0 spiro atoms. The van der Waals surface area contributed by atoms with E-state index in [-0.39, 0.29) is 23.8 Å². The maximum atomic E-state index is 12.6. The molecule has 22 heavy (non-hydrogen) atoms. The molecule has 0 aromatic heterocycles. The molecule has 2 aliphatic rings. The van der Waals surface area contributed by atoms with Crippen molar-refractivity contribution in [3.8, 4) is 0 Å². The lowest BCUT2D eigenvalue weighted by Gasteiger charge is -2.23. The lowest BCUT2D eigenvalue weighted by Crippen LogP contribution is -2.38. The molecule has 3 rings (SSSR count). The van der Waals surface area contributed by atoms with E-state index < -0.39 is 11.9 Å².